The molecule has 0 spiro atoms. The molecule has 1 amide bonds. The van der Waals surface area contributed by atoms with E-state index < -0.39 is 5.82 Å². The van der Waals surface area contributed by atoms with Gasteiger partial charge in [0.15, 0.2) is 0 Å². The lowest BCUT2D eigenvalue weighted by molar-refractivity contribution is 0.0965. The molecule has 3 aliphatic heterocycles. The van der Waals surface area contributed by atoms with Crippen LogP contribution in [0.1, 0.15) is 32.7 Å². The third-order valence-electron chi connectivity index (χ3n) is 6.98. The van der Waals surface area contributed by atoms with E-state index in [-0.39, 0.29) is 23.6 Å². The SMILES string of the molecule is N#Cc1cccc(F)c1-c1cc(Cc2ccc(N3C[C@H]4COC[C@H]4C3)nc2)c2c(n1)CNC2=O. The van der Waals surface area contributed by atoms with Crippen molar-refractivity contribution in [2.75, 3.05) is 31.2 Å². The molecule has 2 saturated heterocycles. The Bertz CT molecular complexity index is 1320. The fourth-order valence-corrected chi connectivity index (χ4v) is 5.26. The predicted octanol–water partition coefficient (Wildman–Crippen LogP) is 3.07. The zero-order valence-electron chi connectivity index (χ0n) is 18.4. The summed E-state index contributed by atoms with van der Waals surface area (Å²) >= 11 is 0. The summed E-state index contributed by atoms with van der Waals surface area (Å²) in [6.07, 6.45) is 2.29. The number of hydrogen-bond acceptors (Lipinski definition) is 6. The monoisotopic (exact) mass is 455 g/mol. The van der Waals surface area contributed by atoms with Gasteiger partial charge in [-0.25, -0.2) is 14.4 Å². The zero-order valence-corrected chi connectivity index (χ0v) is 18.4. The van der Waals surface area contributed by atoms with Gasteiger partial charge in [0.2, 0.25) is 0 Å². The number of pyridine rings is 2. The summed E-state index contributed by atoms with van der Waals surface area (Å²) in [4.78, 5) is 24.0. The first kappa shape index (κ1) is 20.8. The molecule has 3 aliphatic rings. The molecule has 0 saturated carbocycles. The lowest BCUT2D eigenvalue weighted by atomic mass is 9.96. The standard InChI is InChI=1S/C26H22FN5O2/c27-20-3-1-2-16(8-28)24(20)21-7-17(25-22(31-21)10-30-26(25)33)6-15-4-5-23(29-9-15)32-11-18-13-34-14-19(18)12-32/h1-5,7,9,18-19H,6,10-14H2,(H,30,33)/t18-,19+. The number of aromatic nitrogens is 2. The van der Waals surface area contributed by atoms with Crippen LogP contribution in [0, 0.1) is 29.0 Å². The van der Waals surface area contributed by atoms with Crippen LogP contribution in [0.4, 0.5) is 10.2 Å². The fourth-order valence-electron chi connectivity index (χ4n) is 5.26. The minimum atomic E-state index is -0.512. The molecule has 1 N–H and O–H groups in total. The number of nitrogens with zero attached hydrogens (tertiary/aromatic N) is 4. The second-order valence-corrected chi connectivity index (χ2v) is 9.11. The van der Waals surface area contributed by atoms with Crippen molar-refractivity contribution < 1.29 is 13.9 Å². The van der Waals surface area contributed by atoms with E-state index in [1.54, 1.807) is 12.1 Å². The molecule has 6 rings (SSSR count). The number of carbonyl (C=O) groups is 1. The molecule has 2 aromatic heterocycles. The average molecular weight is 455 g/mol. The highest BCUT2D eigenvalue weighted by molar-refractivity contribution is 5.99. The number of anilines is 1. The van der Waals surface area contributed by atoms with Crippen LogP contribution >= 0.6 is 0 Å². The topological polar surface area (TPSA) is 91.1 Å². The van der Waals surface area contributed by atoms with Gasteiger partial charge in [-0.15, -0.1) is 0 Å². The summed E-state index contributed by atoms with van der Waals surface area (Å²) in [7, 11) is 0. The van der Waals surface area contributed by atoms with Crippen LogP contribution in [0.2, 0.25) is 0 Å². The first-order valence-electron chi connectivity index (χ1n) is 11.4. The van der Waals surface area contributed by atoms with Gasteiger partial charge in [0.25, 0.3) is 5.91 Å². The first-order chi connectivity index (χ1) is 16.6. The Balaban J connectivity index is 1.32. The molecular weight excluding hydrogens is 433 g/mol. The summed E-state index contributed by atoms with van der Waals surface area (Å²) < 4.78 is 20.3. The van der Waals surface area contributed by atoms with Gasteiger partial charge < -0.3 is 15.0 Å². The second kappa shape index (κ2) is 8.19. The highest BCUT2D eigenvalue weighted by Crippen LogP contribution is 2.33. The van der Waals surface area contributed by atoms with Crippen LogP contribution < -0.4 is 10.2 Å². The lowest BCUT2D eigenvalue weighted by Gasteiger charge is -2.18. The molecule has 0 bridgehead atoms. The maximum Gasteiger partial charge on any atom is 0.253 e. The van der Waals surface area contributed by atoms with E-state index in [0.29, 0.717) is 35.2 Å². The maximum absolute atomic E-state index is 14.7. The van der Waals surface area contributed by atoms with Crippen molar-refractivity contribution in [1.82, 2.24) is 15.3 Å². The van der Waals surface area contributed by atoms with Crippen molar-refractivity contribution in [2.24, 2.45) is 11.8 Å². The normalized spacial score (nSPS) is 20.7. The van der Waals surface area contributed by atoms with Crippen LogP contribution in [-0.2, 0) is 17.7 Å². The molecule has 1 aromatic carbocycles. The van der Waals surface area contributed by atoms with Crippen molar-refractivity contribution in [1.29, 1.82) is 5.26 Å². The van der Waals surface area contributed by atoms with Crippen LogP contribution in [0.25, 0.3) is 11.3 Å². The van der Waals surface area contributed by atoms with Crippen LogP contribution in [-0.4, -0.2) is 42.2 Å². The summed E-state index contributed by atoms with van der Waals surface area (Å²) in [5, 5.41) is 12.3. The summed E-state index contributed by atoms with van der Waals surface area (Å²) in [6, 6.07) is 12.2. The van der Waals surface area contributed by atoms with Gasteiger partial charge >= 0.3 is 0 Å². The van der Waals surface area contributed by atoms with Gasteiger partial charge in [-0.3, -0.25) is 4.79 Å². The van der Waals surface area contributed by atoms with Gasteiger partial charge in [-0.05, 0) is 41.8 Å². The Labute approximate surface area is 196 Å². The molecule has 2 fully saturated rings. The van der Waals surface area contributed by atoms with Crippen molar-refractivity contribution in [2.45, 2.75) is 13.0 Å². The number of halogens is 1. The third-order valence-corrected chi connectivity index (χ3v) is 6.98. The zero-order chi connectivity index (χ0) is 23.2. The molecule has 34 heavy (non-hydrogen) atoms. The number of hydrogen-bond donors (Lipinski definition) is 1. The van der Waals surface area contributed by atoms with E-state index in [1.165, 1.54) is 12.1 Å². The highest BCUT2D eigenvalue weighted by atomic mass is 19.1. The van der Waals surface area contributed by atoms with Gasteiger partial charge in [0.05, 0.1) is 53.9 Å². The van der Waals surface area contributed by atoms with E-state index in [1.807, 2.05) is 24.4 Å². The number of benzene rings is 1. The molecule has 0 radical (unpaired) electrons. The largest absolute Gasteiger partial charge is 0.381 e. The van der Waals surface area contributed by atoms with Gasteiger partial charge in [-0.1, -0.05) is 12.1 Å². The van der Waals surface area contributed by atoms with Crippen molar-refractivity contribution in [3.63, 3.8) is 0 Å². The molecule has 7 nitrogen and oxygen atoms in total. The minimum Gasteiger partial charge on any atom is -0.381 e. The van der Waals surface area contributed by atoms with Crippen LogP contribution in [0.15, 0.2) is 42.6 Å². The van der Waals surface area contributed by atoms with E-state index in [0.717, 1.165) is 43.2 Å². The van der Waals surface area contributed by atoms with E-state index in [2.05, 4.69) is 20.2 Å². The quantitative estimate of drug-likeness (QED) is 0.650. The summed E-state index contributed by atoms with van der Waals surface area (Å²) in [6.45, 7) is 3.85. The Morgan fingerprint density at radius 1 is 1.18 bits per heavy atom. The number of ether oxygens (including phenoxy) is 1. The average Bonchev–Trinajstić information content (AvgIpc) is 3.55. The summed E-state index contributed by atoms with van der Waals surface area (Å²) in [5.41, 5.74) is 3.50. The number of rotatable bonds is 4. The fraction of sp³-hybridized carbons (Fsp3) is 0.308. The molecule has 0 aliphatic carbocycles. The molecular formula is C26H22FN5O2. The van der Waals surface area contributed by atoms with E-state index in [4.69, 9.17) is 4.74 Å². The number of fused-ring (bicyclic) bond motifs is 2. The van der Waals surface area contributed by atoms with Crippen molar-refractivity contribution in [3.8, 4) is 17.3 Å². The van der Waals surface area contributed by atoms with Gasteiger partial charge in [-0.2, -0.15) is 5.26 Å². The minimum absolute atomic E-state index is 0.158. The Morgan fingerprint density at radius 3 is 2.74 bits per heavy atom. The summed E-state index contributed by atoms with van der Waals surface area (Å²) in [5.74, 6) is 1.40. The van der Waals surface area contributed by atoms with E-state index in [9.17, 15) is 14.4 Å². The number of nitrogens with one attached hydrogen (secondary N) is 1. The Hall–Kier alpha value is -3.83. The van der Waals surface area contributed by atoms with Gasteiger partial charge in [0, 0.05) is 31.1 Å². The molecule has 3 aromatic rings. The number of amides is 1. The number of carbonyl (C=O) groups excluding carboxylic acids is 1. The maximum atomic E-state index is 14.7. The molecule has 0 unspecified atom stereocenters. The first-order valence-corrected chi connectivity index (χ1v) is 11.4. The number of nitriles is 1. The van der Waals surface area contributed by atoms with Crippen LogP contribution in [0.3, 0.4) is 0 Å². The lowest BCUT2D eigenvalue weighted by Crippen LogP contribution is -2.23. The molecule has 5 heterocycles. The van der Waals surface area contributed by atoms with E-state index >= 15 is 0 Å². The predicted molar refractivity (Wildman–Crippen MR) is 123 cm³/mol. The highest BCUT2D eigenvalue weighted by Gasteiger charge is 2.37. The van der Waals surface area contributed by atoms with Crippen molar-refractivity contribution in [3.05, 3.63) is 76.4 Å². The Kier molecular flexibility index (Phi) is 5.00. The van der Waals surface area contributed by atoms with Crippen molar-refractivity contribution >= 4 is 11.7 Å². The smallest absolute Gasteiger partial charge is 0.253 e. The van der Waals surface area contributed by atoms with Crippen LogP contribution in [0.5, 0.6) is 0 Å². The Morgan fingerprint density at radius 2 is 2.00 bits per heavy atom. The second-order valence-electron chi connectivity index (χ2n) is 9.11. The van der Waals surface area contributed by atoms with Gasteiger partial charge in [0.1, 0.15) is 11.6 Å². The molecule has 170 valence electrons. The third kappa shape index (κ3) is 3.49. The molecule has 2 atom stereocenters. The molecule has 8 heteroatoms.